The fourth-order valence-corrected chi connectivity index (χ4v) is 7.66. The van der Waals surface area contributed by atoms with Crippen molar-refractivity contribution in [2.24, 2.45) is 0 Å². The molecular formula is C21H19NO3S2. The van der Waals surface area contributed by atoms with E-state index in [0.717, 1.165) is 47.5 Å². The summed E-state index contributed by atoms with van der Waals surface area (Å²) in [4.78, 5) is 17.3. The molecule has 3 heterocycles. The second-order valence-corrected chi connectivity index (χ2v) is 9.92. The number of para-hydroxylation sites is 1. The van der Waals surface area contributed by atoms with Crippen LogP contribution in [0.4, 0.5) is 0 Å². The molecule has 1 aromatic carbocycles. The summed E-state index contributed by atoms with van der Waals surface area (Å²) in [5.41, 5.74) is 2.84. The number of rotatable bonds is 2. The van der Waals surface area contributed by atoms with Gasteiger partial charge >= 0.3 is 5.97 Å². The first-order valence-electron chi connectivity index (χ1n) is 9.14. The molecule has 5 rings (SSSR count). The zero-order chi connectivity index (χ0) is 18.4. The topological polar surface area (TPSA) is 52.3 Å². The van der Waals surface area contributed by atoms with Crippen molar-refractivity contribution in [2.75, 3.05) is 11.5 Å². The number of aromatic nitrogens is 1. The lowest BCUT2D eigenvalue weighted by atomic mass is 9.94. The molecule has 0 unspecified atom stereocenters. The minimum Gasteiger partial charge on any atom is -0.453 e. The first-order valence-corrected chi connectivity index (χ1v) is 11.1. The number of pyridine rings is 1. The van der Waals surface area contributed by atoms with Gasteiger partial charge in [-0.05, 0) is 31.9 Å². The van der Waals surface area contributed by atoms with Crippen molar-refractivity contribution in [3.05, 3.63) is 59.2 Å². The first-order chi connectivity index (χ1) is 13.2. The largest absolute Gasteiger partial charge is 0.453 e. The van der Waals surface area contributed by atoms with E-state index >= 15 is 0 Å². The van der Waals surface area contributed by atoms with Crippen LogP contribution in [-0.2, 0) is 10.5 Å². The summed E-state index contributed by atoms with van der Waals surface area (Å²) >= 11 is 3.99. The lowest BCUT2D eigenvalue weighted by Gasteiger charge is -2.31. The monoisotopic (exact) mass is 397 g/mol. The lowest BCUT2D eigenvalue weighted by molar-refractivity contribution is 0.0700. The highest BCUT2D eigenvalue weighted by Gasteiger charge is 2.45. The number of hydrogen-bond acceptors (Lipinski definition) is 6. The summed E-state index contributed by atoms with van der Waals surface area (Å²) in [6.45, 7) is 1.99. The average molecular weight is 398 g/mol. The average Bonchev–Trinajstić information content (AvgIpc) is 3.28. The molecular weight excluding hydrogens is 378 g/mol. The van der Waals surface area contributed by atoms with Crippen LogP contribution in [0, 0.1) is 6.92 Å². The molecule has 1 aliphatic carbocycles. The molecule has 3 aromatic rings. The van der Waals surface area contributed by atoms with Crippen molar-refractivity contribution in [2.45, 2.75) is 30.3 Å². The van der Waals surface area contributed by atoms with Crippen molar-refractivity contribution in [3.63, 3.8) is 0 Å². The quantitative estimate of drug-likeness (QED) is 0.431. The van der Waals surface area contributed by atoms with Crippen molar-refractivity contribution in [1.82, 2.24) is 4.98 Å². The zero-order valence-electron chi connectivity index (χ0n) is 15.0. The maximum atomic E-state index is 12.9. The van der Waals surface area contributed by atoms with Crippen LogP contribution in [0.3, 0.4) is 0 Å². The molecule has 138 valence electrons. The van der Waals surface area contributed by atoms with Gasteiger partial charge in [0.05, 0.1) is 4.08 Å². The Morgan fingerprint density at radius 2 is 2.04 bits per heavy atom. The van der Waals surface area contributed by atoms with Gasteiger partial charge < -0.3 is 9.15 Å². The highest BCUT2D eigenvalue weighted by molar-refractivity contribution is 8.20. The predicted molar refractivity (Wildman–Crippen MR) is 110 cm³/mol. The van der Waals surface area contributed by atoms with Crippen molar-refractivity contribution >= 4 is 40.4 Å². The lowest BCUT2D eigenvalue weighted by Crippen LogP contribution is -2.21. The van der Waals surface area contributed by atoms with Crippen LogP contribution in [0.5, 0.6) is 5.75 Å². The number of hydrogen-bond donors (Lipinski definition) is 0. The molecule has 0 amide bonds. The van der Waals surface area contributed by atoms with E-state index in [0.29, 0.717) is 17.0 Å². The smallest absolute Gasteiger partial charge is 0.379 e. The van der Waals surface area contributed by atoms with Crippen LogP contribution in [0.25, 0.3) is 10.9 Å². The first kappa shape index (κ1) is 17.2. The number of furan rings is 1. The van der Waals surface area contributed by atoms with Crippen molar-refractivity contribution in [3.8, 4) is 5.75 Å². The number of nitrogens with zero attached hydrogens (tertiary/aromatic N) is 1. The number of benzene rings is 1. The number of thioether (sulfide) groups is 2. The summed E-state index contributed by atoms with van der Waals surface area (Å²) in [5, 5.41) is 0.941. The minimum atomic E-state index is -0.441. The standard InChI is InChI=1S/C21H19NO3S2/c1-13-17-15(8-3-9-21(17)26-11-12-27-21)24-19(13)20(23)25-16-7-2-5-14-6-4-10-22-18(14)16/h2,4-7,10H,3,8-9,11-12H2,1H3. The van der Waals surface area contributed by atoms with Gasteiger partial charge in [-0.1, -0.05) is 18.2 Å². The van der Waals surface area contributed by atoms with Gasteiger partial charge in [-0.15, -0.1) is 23.5 Å². The van der Waals surface area contributed by atoms with Gasteiger partial charge in [0.15, 0.2) is 5.75 Å². The molecule has 0 atom stereocenters. The van der Waals surface area contributed by atoms with E-state index in [2.05, 4.69) is 4.98 Å². The van der Waals surface area contributed by atoms with Gasteiger partial charge in [-0.2, -0.15) is 0 Å². The Morgan fingerprint density at radius 3 is 2.89 bits per heavy atom. The molecule has 0 bridgehead atoms. The maximum Gasteiger partial charge on any atom is 0.379 e. The second kappa shape index (κ2) is 6.60. The third-order valence-corrected chi connectivity index (χ3v) is 8.78. The van der Waals surface area contributed by atoms with E-state index < -0.39 is 5.97 Å². The molecule has 2 aromatic heterocycles. The Labute approximate surface area is 166 Å². The molecule has 0 N–H and O–H groups in total. The van der Waals surface area contributed by atoms with Crippen LogP contribution in [-0.4, -0.2) is 22.5 Å². The molecule has 1 fully saturated rings. The third-order valence-electron chi connectivity index (χ3n) is 5.25. The number of carbonyl (C=O) groups is 1. The third kappa shape index (κ3) is 2.77. The van der Waals surface area contributed by atoms with Gasteiger partial charge in [-0.3, -0.25) is 4.98 Å². The maximum absolute atomic E-state index is 12.9. The van der Waals surface area contributed by atoms with E-state index in [1.807, 2.05) is 54.7 Å². The molecule has 1 saturated heterocycles. The number of aryl methyl sites for hydroxylation is 1. The fraction of sp³-hybridized carbons (Fsp3) is 0.333. The Kier molecular flexibility index (Phi) is 4.20. The number of fused-ring (bicyclic) bond motifs is 3. The van der Waals surface area contributed by atoms with E-state index in [1.54, 1.807) is 12.3 Å². The second-order valence-electron chi connectivity index (χ2n) is 6.88. The summed E-state index contributed by atoms with van der Waals surface area (Å²) in [7, 11) is 0. The number of ether oxygens (including phenoxy) is 1. The van der Waals surface area contributed by atoms with Gasteiger partial charge in [0.1, 0.15) is 11.3 Å². The highest BCUT2D eigenvalue weighted by Crippen LogP contribution is 2.59. The van der Waals surface area contributed by atoms with E-state index in [-0.39, 0.29) is 4.08 Å². The Hall–Kier alpha value is -1.92. The van der Waals surface area contributed by atoms with E-state index in [4.69, 9.17) is 9.15 Å². The van der Waals surface area contributed by atoms with Crippen LogP contribution in [0.15, 0.2) is 40.9 Å². The Balaban J connectivity index is 1.52. The predicted octanol–water partition coefficient (Wildman–Crippen LogP) is 5.32. The Bertz CT molecular complexity index is 1030. The van der Waals surface area contributed by atoms with Crippen LogP contribution >= 0.6 is 23.5 Å². The molecule has 4 nitrogen and oxygen atoms in total. The summed E-state index contributed by atoms with van der Waals surface area (Å²) in [6.07, 6.45) is 4.83. The zero-order valence-corrected chi connectivity index (χ0v) is 16.6. The van der Waals surface area contributed by atoms with Gasteiger partial charge in [0.2, 0.25) is 5.76 Å². The van der Waals surface area contributed by atoms with Gasteiger partial charge in [0.25, 0.3) is 0 Å². The molecule has 2 aliphatic rings. The van der Waals surface area contributed by atoms with Gasteiger partial charge in [-0.25, -0.2) is 4.79 Å². The highest BCUT2D eigenvalue weighted by atomic mass is 32.2. The molecule has 6 heteroatoms. The van der Waals surface area contributed by atoms with E-state index in [9.17, 15) is 4.79 Å². The fourth-order valence-electron chi connectivity index (χ4n) is 4.10. The van der Waals surface area contributed by atoms with Gasteiger partial charge in [0, 0.05) is 40.6 Å². The summed E-state index contributed by atoms with van der Waals surface area (Å²) in [6, 6.07) is 9.42. The summed E-state index contributed by atoms with van der Waals surface area (Å²) < 4.78 is 11.8. The number of esters is 1. The molecule has 0 radical (unpaired) electrons. The Morgan fingerprint density at radius 1 is 1.22 bits per heavy atom. The van der Waals surface area contributed by atoms with Crippen LogP contribution in [0.2, 0.25) is 0 Å². The van der Waals surface area contributed by atoms with Crippen molar-refractivity contribution in [1.29, 1.82) is 0 Å². The minimum absolute atomic E-state index is 0.0562. The molecule has 27 heavy (non-hydrogen) atoms. The molecule has 1 spiro atoms. The van der Waals surface area contributed by atoms with E-state index in [1.165, 1.54) is 5.56 Å². The van der Waals surface area contributed by atoms with Crippen molar-refractivity contribution < 1.29 is 13.9 Å². The van der Waals surface area contributed by atoms with Crippen LogP contribution < -0.4 is 4.74 Å². The normalized spacial score (nSPS) is 18.0. The van der Waals surface area contributed by atoms with Crippen LogP contribution in [0.1, 0.15) is 40.3 Å². The number of carbonyl (C=O) groups excluding carboxylic acids is 1. The molecule has 1 aliphatic heterocycles. The summed E-state index contributed by atoms with van der Waals surface area (Å²) in [5.74, 6) is 3.62. The SMILES string of the molecule is Cc1c(C(=O)Oc2cccc3cccnc23)oc2c1C1(CCC2)SCCS1. The molecule has 0 saturated carbocycles.